The number of nitrogens with one attached hydrogen (secondary N) is 1. The minimum absolute atomic E-state index is 0.0411. The lowest BCUT2D eigenvalue weighted by Crippen LogP contribution is -2.14. The topological polar surface area (TPSA) is 140 Å². The van der Waals surface area contributed by atoms with E-state index in [2.05, 4.69) is 25.5 Å². The molecule has 1 aliphatic rings. The second-order valence-electron chi connectivity index (χ2n) is 8.79. The zero-order valence-electron chi connectivity index (χ0n) is 20.2. The summed E-state index contributed by atoms with van der Waals surface area (Å²) in [7, 11) is -2.55. The molecule has 1 atom stereocenters. The van der Waals surface area contributed by atoms with Crippen molar-refractivity contribution in [3.05, 3.63) is 53.6 Å². The number of nitrogens with zero attached hydrogens (tertiary/aromatic N) is 6. The van der Waals surface area contributed by atoms with Crippen LogP contribution in [0.2, 0.25) is 0 Å². The highest BCUT2D eigenvalue weighted by Crippen LogP contribution is 2.34. The number of rotatable bonds is 8. The van der Waals surface area contributed by atoms with Gasteiger partial charge in [0.1, 0.15) is 22.1 Å². The van der Waals surface area contributed by atoms with Gasteiger partial charge in [0, 0.05) is 23.3 Å². The number of amides is 1. The largest absolute Gasteiger partial charge is 0.329 e. The first-order chi connectivity index (χ1) is 18.3. The standard InChI is InChI=1S/C23H24F2N7O4PS/c1-13(36-37(34)35)31-10-14(9-26-31)23-28-18(12-38-23)22(33)27-17-11-32(15-5-3-2-4-6-15)30-21(17)20-16(24)7-8-19(25)29-20/h7-13,15,34-35H,2-6H2,1H3,(H,27,33). The molecule has 3 N–H and O–H groups in total. The highest BCUT2D eigenvalue weighted by Gasteiger charge is 2.24. The fraction of sp³-hybridized carbons (Fsp3) is 0.348. The van der Waals surface area contributed by atoms with E-state index in [9.17, 15) is 13.6 Å². The predicted octanol–water partition coefficient (Wildman–Crippen LogP) is 5.05. The van der Waals surface area contributed by atoms with E-state index in [0.29, 0.717) is 10.6 Å². The molecule has 0 aromatic carbocycles. The molecule has 11 nitrogen and oxygen atoms in total. The van der Waals surface area contributed by atoms with Gasteiger partial charge in [-0.3, -0.25) is 14.0 Å². The molecule has 15 heteroatoms. The number of aromatic nitrogens is 6. The van der Waals surface area contributed by atoms with E-state index in [1.54, 1.807) is 29.4 Å². The second-order valence-corrected chi connectivity index (χ2v) is 10.4. The molecule has 0 saturated heterocycles. The molecule has 1 fully saturated rings. The summed E-state index contributed by atoms with van der Waals surface area (Å²) in [5.41, 5.74) is 0.670. The number of thiazole rings is 1. The van der Waals surface area contributed by atoms with Crippen LogP contribution in [0.5, 0.6) is 0 Å². The number of halogens is 2. The number of pyridine rings is 1. The third kappa shape index (κ3) is 5.79. The molecule has 0 spiro atoms. The Labute approximate surface area is 221 Å². The Bertz CT molecular complexity index is 1440. The molecule has 0 radical (unpaired) electrons. The second kappa shape index (κ2) is 11.3. The van der Waals surface area contributed by atoms with Crippen molar-refractivity contribution in [3.8, 4) is 22.0 Å². The van der Waals surface area contributed by atoms with Gasteiger partial charge >= 0.3 is 8.60 Å². The molecule has 1 aliphatic carbocycles. The smallest absolute Gasteiger partial charge is 0.328 e. The van der Waals surface area contributed by atoms with E-state index in [0.717, 1.165) is 44.2 Å². The molecular weight excluding hydrogens is 539 g/mol. The van der Waals surface area contributed by atoms with Crippen LogP contribution in [0.25, 0.3) is 22.0 Å². The summed E-state index contributed by atoms with van der Waals surface area (Å²) in [4.78, 5) is 39.3. The van der Waals surface area contributed by atoms with Crippen molar-refractivity contribution in [2.45, 2.75) is 51.3 Å². The molecule has 38 heavy (non-hydrogen) atoms. The van der Waals surface area contributed by atoms with Gasteiger partial charge in [-0.05, 0) is 31.9 Å². The zero-order valence-corrected chi connectivity index (χ0v) is 21.9. The average Bonchev–Trinajstić information content (AvgIpc) is 3.65. The Hall–Kier alpha value is -3.16. The highest BCUT2D eigenvalue weighted by molar-refractivity contribution is 7.39. The van der Waals surface area contributed by atoms with Crippen LogP contribution in [0.3, 0.4) is 0 Å². The van der Waals surface area contributed by atoms with Crippen LogP contribution in [-0.4, -0.2) is 45.2 Å². The quantitative estimate of drug-likeness (QED) is 0.200. The number of hydrogen-bond donors (Lipinski definition) is 3. The molecule has 1 amide bonds. The molecule has 1 saturated carbocycles. The first kappa shape index (κ1) is 26.4. The normalized spacial score (nSPS) is 15.2. The zero-order chi connectivity index (χ0) is 26.8. The van der Waals surface area contributed by atoms with Crippen molar-refractivity contribution in [1.82, 2.24) is 29.5 Å². The number of anilines is 1. The number of hydrogen-bond acceptors (Lipinski definition) is 9. The van der Waals surface area contributed by atoms with E-state index < -0.39 is 32.5 Å². The SMILES string of the molecule is CC(OP(O)O)n1cc(-c2nc(C(=O)Nc3cn(C4CCCCC4)nc3-c3nc(F)ccc3F)cs2)cn1. The maximum Gasteiger partial charge on any atom is 0.329 e. The van der Waals surface area contributed by atoms with Crippen molar-refractivity contribution in [1.29, 1.82) is 0 Å². The Morgan fingerprint density at radius 3 is 2.74 bits per heavy atom. The van der Waals surface area contributed by atoms with Crippen molar-refractivity contribution in [2.75, 3.05) is 5.32 Å². The Morgan fingerprint density at radius 1 is 1.18 bits per heavy atom. The molecule has 4 heterocycles. The summed E-state index contributed by atoms with van der Waals surface area (Å²) in [5.74, 6) is -2.16. The van der Waals surface area contributed by atoms with Gasteiger partial charge in [0.15, 0.2) is 12.0 Å². The van der Waals surface area contributed by atoms with Crippen molar-refractivity contribution in [3.63, 3.8) is 0 Å². The van der Waals surface area contributed by atoms with Gasteiger partial charge in [-0.15, -0.1) is 11.3 Å². The summed E-state index contributed by atoms with van der Waals surface area (Å²) in [6.45, 7) is 1.60. The first-order valence-corrected chi connectivity index (χ1v) is 13.9. The molecule has 0 bridgehead atoms. The molecule has 4 aromatic heterocycles. The van der Waals surface area contributed by atoms with E-state index in [4.69, 9.17) is 14.3 Å². The first-order valence-electron chi connectivity index (χ1n) is 11.9. The lowest BCUT2D eigenvalue weighted by Gasteiger charge is -2.21. The van der Waals surface area contributed by atoms with Gasteiger partial charge < -0.3 is 15.1 Å². The minimum Gasteiger partial charge on any atom is -0.328 e. The fourth-order valence-electron chi connectivity index (χ4n) is 4.30. The summed E-state index contributed by atoms with van der Waals surface area (Å²) in [6, 6.07) is 1.99. The van der Waals surface area contributed by atoms with Crippen LogP contribution < -0.4 is 5.32 Å². The van der Waals surface area contributed by atoms with Gasteiger partial charge in [0.05, 0.1) is 17.9 Å². The van der Waals surface area contributed by atoms with Crippen molar-refractivity contribution < 1.29 is 27.9 Å². The fourth-order valence-corrected chi connectivity index (χ4v) is 5.45. The third-order valence-electron chi connectivity index (χ3n) is 6.17. The molecular formula is C23H24F2N7O4PS. The summed E-state index contributed by atoms with van der Waals surface area (Å²) in [5, 5.41) is 13.4. The van der Waals surface area contributed by atoms with Gasteiger partial charge in [-0.25, -0.2) is 19.0 Å². The third-order valence-corrected chi connectivity index (χ3v) is 7.55. The lowest BCUT2D eigenvalue weighted by atomic mass is 9.96. The van der Waals surface area contributed by atoms with E-state index >= 15 is 0 Å². The predicted molar refractivity (Wildman–Crippen MR) is 136 cm³/mol. The van der Waals surface area contributed by atoms with Gasteiger partial charge in [-0.2, -0.15) is 14.6 Å². The highest BCUT2D eigenvalue weighted by atomic mass is 32.1. The van der Waals surface area contributed by atoms with Crippen LogP contribution >= 0.6 is 19.9 Å². The van der Waals surface area contributed by atoms with Crippen LogP contribution in [0.1, 0.15) is 61.8 Å². The van der Waals surface area contributed by atoms with Crippen LogP contribution in [0.4, 0.5) is 14.5 Å². The minimum atomic E-state index is -2.55. The lowest BCUT2D eigenvalue weighted by molar-refractivity contribution is 0.102. The average molecular weight is 564 g/mol. The molecule has 1 unspecified atom stereocenters. The van der Waals surface area contributed by atoms with Gasteiger partial charge in [0.2, 0.25) is 5.95 Å². The summed E-state index contributed by atoms with van der Waals surface area (Å²) in [6.07, 6.45) is 9.05. The van der Waals surface area contributed by atoms with Crippen LogP contribution in [0.15, 0.2) is 36.1 Å². The van der Waals surface area contributed by atoms with Crippen LogP contribution in [-0.2, 0) is 4.52 Å². The van der Waals surface area contributed by atoms with Gasteiger partial charge in [-0.1, -0.05) is 19.3 Å². The number of carbonyl (C=O) groups is 1. The van der Waals surface area contributed by atoms with E-state index in [-0.39, 0.29) is 28.8 Å². The van der Waals surface area contributed by atoms with E-state index in [1.165, 1.54) is 22.2 Å². The molecule has 4 aromatic rings. The number of carbonyl (C=O) groups excluding carboxylic acids is 1. The Morgan fingerprint density at radius 2 is 1.97 bits per heavy atom. The Kier molecular flexibility index (Phi) is 7.86. The molecule has 5 rings (SSSR count). The summed E-state index contributed by atoms with van der Waals surface area (Å²) < 4.78 is 36.5. The van der Waals surface area contributed by atoms with E-state index in [1.807, 2.05) is 0 Å². The van der Waals surface area contributed by atoms with Crippen molar-refractivity contribution in [2.24, 2.45) is 0 Å². The maximum absolute atomic E-state index is 14.6. The molecule has 200 valence electrons. The van der Waals surface area contributed by atoms with Gasteiger partial charge in [0.25, 0.3) is 5.91 Å². The van der Waals surface area contributed by atoms with Crippen molar-refractivity contribution >= 4 is 31.5 Å². The molecule has 0 aliphatic heterocycles. The Balaban J connectivity index is 1.40. The summed E-state index contributed by atoms with van der Waals surface area (Å²) >= 11 is 1.21. The maximum atomic E-state index is 14.6. The van der Waals surface area contributed by atoms with Crippen LogP contribution in [0, 0.1) is 11.8 Å². The monoisotopic (exact) mass is 563 g/mol.